The molecule has 1 unspecified atom stereocenters. The maximum absolute atomic E-state index is 6.13. The first-order valence-electron chi connectivity index (χ1n) is 7.39. The summed E-state index contributed by atoms with van der Waals surface area (Å²) >= 11 is 3.60. The normalized spacial score (nSPS) is 18.6. The number of halogens is 1. The summed E-state index contributed by atoms with van der Waals surface area (Å²) in [6, 6.07) is 6.89. The Morgan fingerprint density at radius 1 is 1.37 bits per heavy atom. The van der Waals surface area contributed by atoms with Gasteiger partial charge in [0.05, 0.1) is 0 Å². The molecular formula is C16H25BrN2. The van der Waals surface area contributed by atoms with E-state index in [0.717, 1.165) is 23.2 Å². The minimum Gasteiger partial charge on any atom is -0.371 e. The zero-order chi connectivity index (χ0) is 13.8. The van der Waals surface area contributed by atoms with Gasteiger partial charge in [-0.05, 0) is 49.3 Å². The monoisotopic (exact) mass is 324 g/mol. The summed E-state index contributed by atoms with van der Waals surface area (Å²) in [5.41, 5.74) is 8.91. The van der Waals surface area contributed by atoms with Crippen LogP contribution in [-0.2, 0) is 6.42 Å². The van der Waals surface area contributed by atoms with Crippen LogP contribution >= 0.6 is 15.9 Å². The van der Waals surface area contributed by atoms with Crippen LogP contribution in [0.2, 0.25) is 0 Å². The summed E-state index contributed by atoms with van der Waals surface area (Å²) < 4.78 is 1.16. The number of anilines is 1. The van der Waals surface area contributed by atoms with Crippen molar-refractivity contribution in [1.82, 2.24) is 0 Å². The highest BCUT2D eigenvalue weighted by molar-refractivity contribution is 9.10. The first kappa shape index (κ1) is 14.9. The summed E-state index contributed by atoms with van der Waals surface area (Å²) in [4.78, 5) is 2.53. The van der Waals surface area contributed by atoms with Gasteiger partial charge in [0.15, 0.2) is 0 Å². The molecule has 0 amide bonds. The predicted octanol–water partition coefficient (Wildman–Crippen LogP) is 3.97. The van der Waals surface area contributed by atoms with E-state index >= 15 is 0 Å². The Hall–Kier alpha value is -0.540. The van der Waals surface area contributed by atoms with Gasteiger partial charge in [0, 0.05) is 29.3 Å². The van der Waals surface area contributed by atoms with Crippen LogP contribution in [0, 0.1) is 5.92 Å². The molecule has 3 heteroatoms. The molecule has 1 aromatic rings. The van der Waals surface area contributed by atoms with E-state index in [1.807, 2.05) is 0 Å². The van der Waals surface area contributed by atoms with Crippen molar-refractivity contribution in [3.05, 3.63) is 28.2 Å². The number of hydrogen-bond acceptors (Lipinski definition) is 2. The van der Waals surface area contributed by atoms with Crippen LogP contribution in [0.15, 0.2) is 22.7 Å². The molecule has 1 saturated heterocycles. The van der Waals surface area contributed by atoms with Crippen molar-refractivity contribution in [1.29, 1.82) is 0 Å². The Labute approximate surface area is 125 Å². The lowest BCUT2D eigenvalue weighted by Gasteiger charge is -2.34. The van der Waals surface area contributed by atoms with Crippen molar-refractivity contribution in [2.75, 3.05) is 18.0 Å². The Balaban J connectivity index is 2.19. The summed E-state index contributed by atoms with van der Waals surface area (Å²) in [5.74, 6) is 0.866. The van der Waals surface area contributed by atoms with Gasteiger partial charge in [0.25, 0.3) is 0 Å². The molecule has 1 heterocycles. The van der Waals surface area contributed by atoms with E-state index in [0.29, 0.717) is 0 Å². The van der Waals surface area contributed by atoms with Gasteiger partial charge in [0.2, 0.25) is 0 Å². The Kier molecular flexibility index (Phi) is 5.28. The van der Waals surface area contributed by atoms with Crippen LogP contribution in [0.4, 0.5) is 5.69 Å². The third-order valence-electron chi connectivity index (χ3n) is 4.18. The van der Waals surface area contributed by atoms with Crippen molar-refractivity contribution < 1.29 is 0 Å². The summed E-state index contributed by atoms with van der Waals surface area (Å²) in [6.07, 6.45) is 4.61. The second-order valence-electron chi connectivity index (χ2n) is 5.82. The molecule has 1 aliphatic rings. The number of piperidine rings is 1. The van der Waals surface area contributed by atoms with E-state index in [4.69, 9.17) is 5.73 Å². The lowest BCUT2D eigenvalue weighted by Crippen LogP contribution is -2.34. The summed E-state index contributed by atoms with van der Waals surface area (Å²) in [5, 5.41) is 0. The predicted molar refractivity (Wildman–Crippen MR) is 86.7 cm³/mol. The molecule has 2 nitrogen and oxygen atoms in total. The topological polar surface area (TPSA) is 29.3 Å². The number of nitrogens with two attached hydrogens (primary N) is 1. The highest BCUT2D eigenvalue weighted by atomic mass is 79.9. The number of hydrogen-bond donors (Lipinski definition) is 1. The average Bonchev–Trinajstić information content (AvgIpc) is 2.41. The zero-order valence-electron chi connectivity index (χ0n) is 12.0. The molecule has 0 aromatic heterocycles. The number of rotatable bonds is 4. The van der Waals surface area contributed by atoms with Gasteiger partial charge in [0.1, 0.15) is 0 Å². The van der Waals surface area contributed by atoms with E-state index in [1.54, 1.807) is 0 Å². The van der Waals surface area contributed by atoms with Crippen LogP contribution < -0.4 is 10.6 Å². The van der Waals surface area contributed by atoms with Crippen LogP contribution in [0.25, 0.3) is 0 Å². The van der Waals surface area contributed by atoms with Crippen molar-refractivity contribution in [2.45, 2.75) is 45.6 Å². The van der Waals surface area contributed by atoms with E-state index < -0.39 is 0 Å². The fourth-order valence-electron chi connectivity index (χ4n) is 2.68. The van der Waals surface area contributed by atoms with E-state index in [9.17, 15) is 0 Å². The van der Waals surface area contributed by atoms with Gasteiger partial charge in [-0.15, -0.1) is 0 Å². The molecule has 0 spiro atoms. The largest absolute Gasteiger partial charge is 0.371 e. The molecule has 1 aromatic carbocycles. The fourth-order valence-corrected chi connectivity index (χ4v) is 3.03. The van der Waals surface area contributed by atoms with E-state index in [1.165, 1.54) is 37.2 Å². The minimum atomic E-state index is 0.267. The van der Waals surface area contributed by atoms with Crippen molar-refractivity contribution in [2.24, 2.45) is 11.7 Å². The summed E-state index contributed by atoms with van der Waals surface area (Å²) in [7, 11) is 0. The Morgan fingerprint density at radius 3 is 2.68 bits per heavy atom. The van der Waals surface area contributed by atoms with Gasteiger partial charge in [-0.25, -0.2) is 0 Å². The molecule has 1 aliphatic heterocycles. The first-order chi connectivity index (χ1) is 9.10. The highest BCUT2D eigenvalue weighted by Crippen LogP contribution is 2.30. The third-order valence-corrected chi connectivity index (χ3v) is 4.67. The first-order valence-corrected chi connectivity index (χ1v) is 8.18. The molecule has 2 N–H and O–H groups in total. The molecule has 0 aliphatic carbocycles. The van der Waals surface area contributed by atoms with Crippen molar-refractivity contribution >= 4 is 21.6 Å². The van der Waals surface area contributed by atoms with Crippen molar-refractivity contribution in [3.63, 3.8) is 0 Å². The molecule has 0 bridgehead atoms. The van der Waals surface area contributed by atoms with Gasteiger partial charge < -0.3 is 10.6 Å². The second kappa shape index (κ2) is 6.76. The summed E-state index contributed by atoms with van der Waals surface area (Å²) in [6.45, 7) is 6.86. The van der Waals surface area contributed by atoms with Crippen LogP contribution in [0.3, 0.4) is 0 Å². The quantitative estimate of drug-likeness (QED) is 0.908. The lowest BCUT2D eigenvalue weighted by molar-refractivity contribution is 0.437. The number of benzene rings is 1. The molecule has 106 valence electrons. The van der Waals surface area contributed by atoms with Gasteiger partial charge in [-0.3, -0.25) is 0 Å². The molecule has 0 saturated carbocycles. The molecule has 0 radical (unpaired) electrons. The number of nitrogens with zero attached hydrogens (tertiary/aromatic N) is 1. The minimum absolute atomic E-state index is 0.267. The molecule has 1 atom stereocenters. The second-order valence-corrected chi connectivity index (χ2v) is 6.73. The molecule has 1 fully saturated rings. The van der Waals surface area contributed by atoms with E-state index in [-0.39, 0.29) is 6.04 Å². The van der Waals surface area contributed by atoms with Crippen molar-refractivity contribution in [3.8, 4) is 0 Å². The van der Waals surface area contributed by atoms with Crippen LogP contribution in [0.5, 0.6) is 0 Å². The average molecular weight is 325 g/mol. The Morgan fingerprint density at radius 2 is 2.05 bits per heavy atom. The molecule has 19 heavy (non-hydrogen) atoms. The van der Waals surface area contributed by atoms with Gasteiger partial charge in [-0.2, -0.15) is 0 Å². The van der Waals surface area contributed by atoms with E-state index in [2.05, 4.69) is 52.9 Å². The van der Waals surface area contributed by atoms with Gasteiger partial charge >= 0.3 is 0 Å². The molecule has 2 rings (SSSR count). The highest BCUT2D eigenvalue weighted by Gasteiger charge is 2.19. The fraction of sp³-hybridized carbons (Fsp3) is 0.625. The standard InChI is InChI=1S/C16H25BrN2/c1-3-15(18)10-13-4-5-14(17)11-16(13)19-8-6-12(2)7-9-19/h4-5,11-12,15H,3,6-10,18H2,1-2H3. The third kappa shape index (κ3) is 3.96. The molecular weight excluding hydrogens is 300 g/mol. The lowest BCUT2D eigenvalue weighted by atomic mass is 9.96. The maximum atomic E-state index is 6.13. The SMILES string of the molecule is CCC(N)Cc1ccc(Br)cc1N1CCC(C)CC1. The Bertz CT molecular complexity index is 411. The maximum Gasteiger partial charge on any atom is 0.0410 e. The smallest absolute Gasteiger partial charge is 0.0410 e. The van der Waals surface area contributed by atoms with Gasteiger partial charge in [-0.1, -0.05) is 35.8 Å². The van der Waals surface area contributed by atoms with Crippen LogP contribution in [-0.4, -0.2) is 19.1 Å². The van der Waals surface area contributed by atoms with Crippen LogP contribution in [0.1, 0.15) is 38.7 Å². The zero-order valence-corrected chi connectivity index (χ0v) is 13.6.